The third kappa shape index (κ3) is 7.72. The van der Waals surface area contributed by atoms with E-state index in [0.717, 1.165) is 61.5 Å². The number of fused-ring (bicyclic) bond motifs is 1. The normalized spacial score (nSPS) is 30.5. The molecule has 3 aliphatic rings. The first-order valence-electron chi connectivity index (χ1n) is 14.8. The summed E-state index contributed by atoms with van der Waals surface area (Å²) in [6.07, 6.45) is 15.3. The van der Waals surface area contributed by atoms with Gasteiger partial charge in [-0.1, -0.05) is 51.9 Å². The van der Waals surface area contributed by atoms with Crippen LogP contribution in [-0.2, 0) is 11.0 Å². The number of carbonyl (C=O) groups excluding carboxylic acids is 1. The van der Waals surface area contributed by atoms with Crippen molar-refractivity contribution in [3.63, 3.8) is 0 Å². The molecule has 3 aliphatic carbocycles. The molecule has 0 radical (unpaired) electrons. The summed E-state index contributed by atoms with van der Waals surface area (Å²) in [6, 6.07) is 2.04. The Morgan fingerprint density at radius 3 is 2.14 bits per heavy atom. The van der Waals surface area contributed by atoms with Crippen LogP contribution >= 0.6 is 0 Å². The first-order valence-corrected chi connectivity index (χ1v) is 14.8. The number of hydrogen-bond acceptors (Lipinski definition) is 2. The van der Waals surface area contributed by atoms with E-state index >= 15 is 0 Å². The van der Waals surface area contributed by atoms with Crippen LogP contribution in [-0.4, -0.2) is 5.97 Å². The van der Waals surface area contributed by atoms with Gasteiger partial charge in [-0.25, -0.2) is 4.39 Å². The zero-order chi connectivity index (χ0) is 26.4. The van der Waals surface area contributed by atoms with Gasteiger partial charge in [0.1, 0.15) is 0 Å². The third-order valence-corrected chi connectivity index (χ3v) is 9.72. The summed E-state index contributed by atoms with van der Waals surface area (Å²) in [5.41, 5.74) is -1.09. The zero-order valence-corrected chi connectivity index (χ0v) is 22.3. The summed E-state index contributed by atoms with van der Waals surface area (Å²) in [7, 11) is 0. The molecule has 0 bridgehead atoms. The molecule has 6 heteroatoms. The van der Waals surface area contributed by atoms with E-state index in [4.69, 9.17) is 4.74 Å². The van der Waals surface area contributed by atoms with Crippen molar-refractivity contribution in [2.45, 2.75) is 116 Å². The Morgan fingerprint density at radius 2 is 1.46 bits per heavy atom. The van der Waals surface area contributed by atoms with Crippen molar-refractivity contribution in [2.24, 2.45) is 35.5 Å². The zero-order valence-electron chi connectivity index (χ0n) is 22.3. The number of halogens is 4. The summed E-state index contributed by atoms with van der Waals surface area (Å²) in [6.45, 7) is 2.27. The molecule has 4 atom stereocenters. The molecular weight excluding hydrogens is 480 g/mol. The first kappa shape index (κ1) is 28.4. The van der Waals surface area contributed by atoms with E-state index in [1.54, 1.807) is 0 Å². The van der Waals surface area contributed by atoms with Crippen LogP contribution in [0, 0.1) is 41.3 Å². The smallest absolute Gasteiger partial charge is 0.416 e. The van der Waals surface area contributed by atoms with Crippen molar-refractivity contribution in [1.82, 2.24) is 0 Å². The molecule has 0 heterocycles. The van der Waals surface area contributed by atoms with Crippen LogP contribution < -0.4 is 4.74 Å². The molecule has 4 rings (SSSR count). The largest absolute Gasteiger partial charge is 0.423 e. The quantitative estimate of drug-likeness (QED) is 0.139. The molecule has 3 fully saturated rings. The molecule has 0 aliphatic heterocycles. The Labute approximate surface area is 219 Å². The predicted octanol–water partition coefficient (Wildman–Crippen LogP) is 9.75. The van der Waals surface area contributed by atoms with Crippen molar-refractivity contribution < 1.29 is 27.1 Å². The Hall–Kier alpha value is -1.59. The van der Waals surface area contributed by atoms with E-state index in [-0.39, 0.29) is 5.92 Å². The predicted molar refractivity (Wildman–Crippen MR) is 138 cm³/mol. The number of unbranched alkanes of at least 4 members (excludes halogenated alkanes) is 4. The lowest BCUT2D eigenvalue weighted by atomic mass is 9.60. The molecule has 0 spiro atoms. The molecule has 208 valence electrons. The molecule has 4 unspecified atom stereocenters. The highest BCUT2D eigenvalue weighted by atomic mass is 19.4. The number of carbonyl (C=O) groups is 1. The van der Waals surface area contributed by atoms with Crippen LogP contribution in [0.3, 0.4) is 0 Å². The van der Waals surface area contributed by atoms with Gasteiger partial charge in [-0.3, -0.25) is 4.79 Å². The van der Waals surface area contributed by atoms with Crippen molar-refractivity contribution in [1.29, 1.82) is 0 Å². The average Bonchev–Trinajstić information content (AvgIpc) is 2.89. The van der Waals surface area contributed by atoms with Gasteiger partial charge in [0.05, 0.1) is 11.5 Å². The average molecular weight is 525 g/mol. The van der Waals surface area contributed by atoms with Gasteiger partial charge in [0.25, 0.3) is 0 Å². The Balaban J connectivity index is 1.18. The van der Waals surface area contributed by atoms with Gasteiger partial charge in [-0.2, -0.15) is 13.2 Å². The lowest BCUT2D eigenvalue weighted by Crippen LogP contribution is -2.35. The van der Waals surface area contributed by atoms with Crippen LogP contribution in [0.1, 0.15) is 115 Å². The Bertz CT molecular complexity index is 874. The second-order valence-electron chi connectivity index (χ2n) is 12.2. The fraction of sp³-hybridized carbons (Fsp3) is 0.774. The summed E-state index contributed by atoms with van der Waals surface area (Å²) < 4.78 is 57.6. The topological polar surface area (TPSA) is 26.3 Å². The number of ether oxygens (including phenoxy) is 1. The maximum atomic E-state index is 14.1. The molecule has 0 amide bonds. The lowest BCUT2D eigenvalue weighted by Gasteiger charge is -2.45. The molecule has 0 aromatic heterocycles. The van der Waals surface area contributed by atoms with E-state index in [2.05, 4.69) is 6.92 Å². The molecule has 0 N–H and O–H groups in total. The number of rotatable bonds is 9. The minimum absolute atomic E-state index is 0.304. The van der Waals surface area contributed by atoms with Gasteiger partial charge in [-0.05, 0) is 106 Å². The molecule has 1 aromatic carbocycles. The number of esters is 1. The fourth-order valence-electron chi connectivity index (χ4n) is 7.53. The van der Waals surface area contributed by atoms with Gasteiger partial charge in [-0.15, -0.1) is 0 Å². The highest BCUT2D eigenvalue weighted by molar-refractivity contribution is 5.75. The lowest BCUT2D eigenvalue weighted by molar-refractivity contribution is -0.140. The van der Waals surface area contributed by atoms with Gasteiger partial charge >= 0.3 is 12.1 Å². The van der Waals surface area contributed by atoms with Gasteiger partial charge < -0.3 is 4.74 Å². The third-order valence-electron chi connectivity index (χ3n) is 9.72. The molecule has 1 aromatic rings. The molecule has 2 nitrogen and oxygen atoms in total. The minimum atomic E-state index is -4.63. The van der Waals surface area contributed by atoms with Crippen LogP contribution in [0.15, 0.2) is 18.2 Å². The highest BCUT2D eigenvalue weighted by Crippen LogP contribution is 2.49. The van der Waals surface area contributed by atoms with Crippen molar-refractivity contribution >= 4 is 5.97 Å². The number of hydrogen-bond donors (Lipinski definition) is 0. The van der Waals surface area contributed by atoms with E-state index in [1.807, 2.05) is 0 Å². The van der Waals surface area contributed by atoms with Crippen molar-refractivity contribution in [2.75, 3.05) is 0 Å². The SMILES string of the molecule is CCCCCCCC1CCC2CC(C3CCC(C(=O)Oc4ccc(C(F)(F)F)cc4F)CC3)CCC2C1. The summed E-state index contributed by atoms with van der Waals surface area (Å²) in [4.78, 5) is 12.6. The van der Waals surface area contributed by atoms with E-state index in [1.165, 1.54) is 77.0 Å². The fourth-order valence-corrected chi connectivity index (χ4v) is 7.53. The first-order chi connectivity index (χ1) is 17.7. The van der Waals surface area contributed by atoms with E-state index < -0.39 is 29.3 Å². The Morgan fingerprint density at radius 1 is 0.838 bits per heavy atom. The molecule has 3 saturated carbocycles. The standard InChI is InChI=1S/C31H44F4O2/c1-2-3-4-5-6-7-21-8-9-26-19-25(15-14-24(26)18-21)22-10-12-23(13-11-22)30(36)37-29-17-16-27(20-28(29)32)31(33,34)35/h16-17,20-26H,2-15,18-19H2,1H3. The van der Waals surface area contributed by atoms with Crippen LogP contribution in [0.2, 0.25) is 0 Å². The van der Waals surface area contributed by atoms with Crippen molar-refractivity contribution in [3.8, 4) is 5.75 Å². The van der Waals surface area contributed by atoms with Crippen molar-refractivity contribution in [3.05, 3.63) is 29.6 Å². The van der Waals surface area contributed by atoms with E-state index in [0.29, 0.717) is 12.0 Å². The van der Waals surface area contributed by atoms with Gasteiger partial charge in [0, 0.05) is 0 Å². The van der Waals surface area contributed by atoms with Crippen LogP contribution in [0.5, 0.6) is 5.75 Å². The summed E-state index contributed by atoms with van der Waals surface area (Å²) in [5, 5.41) is 0. The second-order valence-corrected chi connectivity index (χ2v) is 12.2. The highest BCUT2D eigenvalue weighted by Gasteiger charge is 2.39. The number of benzene rings is 1. The molecule has 0 saturated heterocycles. The molecular formula is C31H44F4O2. The molecule has 37 heavy (non-hydrogen) atoms. The summed E-state index contributed by atoms with van der Waals surface area (Å²) >= 11 is 0. The minimum Gasteiger partial charge on any atom is -0.423 e. The van der Waals surface area contributed by atoms with Crippen LogP contribution in [0.4, 0.5) is 17.6 Å². The van der Waals surface area contributed by atoms with Crippen LogP contribution in [0.25, 0.3) is 0 Å². The number of alkyl halides is 3. The Kier molecular flexibility index (Phi) is 9.97. The monoisotopic (exact) mass is 524 g/mol. The maximum Gasteiger partial charge on any atom is 0.416 e. The second kappa shape index (κ2) is 13.0. The van der Waals surface area contributed by atoms with E-state index in [9.17, 15) is 22.4 Å². The maximum absolute atomic E-state index is 14.1. The van der Waals surface area contributed by atoms with Gasteiger partial charge in [0.2, 0.25) is 0 Å². The van der Waals surface area contributed by atoms with Gasteiger partial charge in [0.15, 0.2) is 11.6 Å². The summed E-state index contributed by atoms with van der Waals surface area (Å²) in [5.74, 6) is 1.72.